The van der Waals surface area contributed by atoms with E-state index in [9.17, 15) is 8.42 Å². The molecule has 0 bridgehead atoms. The summed E-state index contributed by atoms with van der Waals surface area (Å²) in [6.45, 7) is 1.68. The van der Waals surface area contributed by atoms with Gasteiger partial charge in [0.15, 0.2) is 0 Å². The van der Waals surface area contributed by atoms with Crippen LogP contribution in [0.3, 0.4) is 0 Å². The molecule has 0 amide bonds. The van der Waals surface area contributed by atoms with Crippen LogP contribution in [0.25, 0.3) is 0 Å². The molecule has 3 rings (SSSR count). The molecule has 2 aromatic rings. The van der Waals surface area contributed by atoms with E-state index in [2.05, 4.69) is 4.90 Å². The molecule has 1 aliphatic rings. The van der Waals surface area contributed by atoms with E-state index < -0.39 is 10.0 Å². The molecule has 6 heteroatoms. The van der Waals surface area contributed by atoms with Crippen LogP contribution in [0.15, 0.2) is 54.6 Å². The van der Waals surface area contributed by atoms with Gasteiger partial charge < -0.3 is 4.74 Å². The first kappa shape index (κ1) is 18.9. The molecule has 1 heterocycles. The minimum absolute atomic E-state index is 0.00796. The fraction of sp³-hybridized carbons (Fsp3) is 0.400. The summed E-state index contributed by atoms with van der Waals surface area (Å²) in [5.41, 5.74) is 2.08. The predicted molar refractivity (Wildman–Crippen MR) is 104 cm³/mol. The lowest BCUT2D eigenvalue weighted by molar-refractivity contribution is 0.146. The fourth-order valence-corrected chi connectivity index (χ4v) is 4.88. The molecule has 1 unspecified atom stereocenters. The zero-order chi connectivity index (χ0) is 18.6. The molecule has 0 aliphatic carbocycles. The highest BCUT2D eigenvalue weighted by Crippen LogP contribution is 2.32. The van der Waals surface area contributed by atoms with Gasteiger partial charge in [0.2, 0.25) is 10.0 Å². The number of ether oxygens (including phenoxy) is 1. The van der Waals surface area contributed by atoms with Gasteiger partial charge in [-0.3, -0.25) is 4.90 Å². The Morgan fingerprint density at radius 2 is 1.73 bits per heavy atom. The van der Waals surface area contributed by atoms with Gasteiger partial charge in [0, 0.05) is 25.2 Å². The summed E-state index contributed by atoms with van der Waals surface area (Å²) in [6.07, 6.45) is 0.537. The predicted octanol–water partition coefficient (Wildman–Crippen LogP) is 2.56. The summed E-state index contributed by atoms with van der Waals surface area (Å²) in [6, 6.07) is 17.6. The summed E-state index contributed by atoms with van der Waals surface area (Å²) in [5, 5.41) is 0. The lowest BCUT2D eigenvalue weighted by atomic mass is 10.0. The van der Waals surface area contributed by atoms with Gasteiger partial charge in [-0.05, 0) is 25.1 Å². The van der Waals surface area contributed by atoms with Crippen molar-refractivity contribution in [2.75, 3.05) is 39.5 Å². The number of sulfonamides is 1. The molecule has 0 aromatic heterocycles. The number of rotatable bonds is 6. The van der Waals surface area contributed by atoms with Crippen molar-refractivity contribution in [2.45, 2.75) is 12.5 Å². The Balaban J connectivity index is 1.74. The van der Waals surface area contributed by atoms with E-state index in [-0.39, 0.29) is 11.8 Å². The monoisotopic (exact) mass is 374 g/mol. The lowest BCUT2D eigenvalue weighted by Crippen LogP contribution is -2.49. The summed E-state index contributed by atoms with van der Waals surface area (Å²) < 4.78 is 32.9. The van der Waals surface area contributed by atoms with Crippen molar-refractivity contribution in [1.29, 1.82) is 0 Å². The summed E-state index contributed by atoms with van der Waals surface area (Å²) >= 11 is 0. The Hall–Kier alpha value is -1.89. The van der Waals surface area contributed by atoms with Crippen molar-refractivity contribution < 1.29 is 13.2 Å². The zero-order valence-corrected chi connectivity index (χ0v) is 16.2. The van der Waals surface area contributed by atoms with E-state index in [0.29, 0.717) is 26.1 Å². The summed E-state index contributed by atoms with van der Waals surface area (Å²) in [5.74, 6) is 0.937. The molecule has 2 aromatic carbocycles. The van der Waals surface area contributed by atoms with Gasteiger partial charge in [-0.25, -0.2) is 8.42 Å². The number of nitrogens with zero attached hydrogens (tertiary/aromatic N) is 2. The van der Waals surface area contributed by atoms with Crippen LogP contribution in [0.5, 0.6) is 5.75 Å². The molecule has 140 valence electrons. The number of hydrogen-bond acceptors (Lipinski definition) is 4. The van der Waals surface area contributed by atoms with Gasteiger partial charge in [0.05, 0.1) is 18.9 Å². The van der Waals surface area contributed by atoms with Gasteiger partial charge in [0.1, 0.15) is 5.75 Å². The van der Waals surface area contributed by atoms with Crippen LogP contribution in [0.1, 0.15) is 17.2 Å². The average molecular weight is 375 g/mol. The molecule has 5 nitrogen and oxygen atoms in total. The summed E-state index contributed by atoms with van der Waals surface area (Å²) in [7, 11) is 0.382. The van der Waals surface area contributed by atoms with Gasteiger partial charge in [-0.15, -0.1) is 0 Å². The van der Waals surface area contributed by atoms with E-state index in [1.54, 1.807) is 11.4 Å². The van der Waals surface area contributed by atoms with E-state index in [1.807, 2.05) is 61.6 Å². The number of hydrogen-bond donors (Lipinski definition) is 0. The van der Waals surface area contributed by atoms with Crippen LogP contribution in [-0.2, 0) is 16.4 Å². The van der Waals surface area contributed by atoms with Crippen LogP contribution in [0.2, 0.25) is 0 Å². The standard InChI is InChI=1S/C20H26N2O3S/c1-21-13-14-22(16-19(21)18-10-6-7-11-20(18)25-2)26(23,24)15-12-17-8-4-3-5-9-17/h3-11,19H,12-16H2,1-2H3. The number of piperazine rings is 1. The van der Waals surface area contributed by atoms with Crippen LogP contribution in [0.4, 0.5) is 0 Å². The van der Waals surface area contributed by atoms with Crippen molar-refractivity contribution in [1.82, 2.24) is 9.21 Å². The number of benzene rings is 2. The molecule has 1 fully saturated rings. The highest BCUT2D eigenvalue weighted by molar-refractivity contribution is 7.89. The second-order valence-corrected chi connectivity index (χ2v) is 8.74. The molecule has 1 aliphatic heterocycles. The molecule has 0 N–H and O–H groups in total. The molecule has 26 heavy (non-hydrogen) atoms. The number of methoxy groups -OCH3 is 1. The molecular weight excluding hydrogens is 348 g/mol. The first-order chi connectivity index (χ1) is 12.5. The van der Waals surface area contributed by atoms with Gasteiger partial charge in [0.25, 0.3) is 0 Å². The molecule has 1 saturated heterocycles. The Morgan fingerprint density at radius 3 is 2.46 bits per heavy atom. The van der Waals surface area contributed by atoms with E-state index in [0.717, 1.165) is 16.9 Å². The third-order valence-electron chi connectivity index (χ3n) is 4.99. The Labute approximate surface area is 156 Å². The number of likely N-dealkylation sites (N-methyl/N-ethyl adjacent to an activating group) is 1. The van der Waals surface area contributed by atoms with E-state index >= 15 is 0 Å². The summed E-state index contributed by atoms with van der Waals surface area (Å²) in [4.78, 5) is 2.20. The van der Waals surface area contributed by atoms with Crippen LogP contribution < -0.4 is 4.74 Å². The third-order valence-corrected chi connectivity index (χ3v) is 6.83. The highest BCUT2D eigenvalue weighted by Gasteiger charge is 2.33. The van der Waals surface area contributed by atoms with Crippen LogP contribution in [0, 0.1) is 0 Å². The second kappa shape index (κ2) is 8.20. The normalized spacial score (nSPS) is 19.4. The van der Waals surface area contributed by atoms with Crippen molar-refractivity contribution in [2.24, 2.45) is 0 Å². The number of aryl methyl sites for hydroxylation is 1. The van der Waals surface area contributed by atoms with E-state index in [1.165, 1.54) is 0 Å². The topological polar surface area (TPSA) is 49.9 Å². The van der Waals surface area contributed by atoms with Crippen molar-refractivity contribution in [3.63, 3.8) is 0 Å². The molecule has 0 saturated carbocycles. The van der Waals surface area contributed by atoms with Gasteiger partial charge in [-0.1, -0.05) is 48.5 Å². The minimum Gasteiger partial charge on any atom is -0.496 e. The maximum atomic E-state index is 12.9. The van der Waals surface area contributed by atoms with Crippen molar-refractivity contribution in [3.8, 4) is 5.75 Å². The SMILES string of the molecule is COc1ccccc1C1CN(S(=O)(=O)CCc2ccccc2)CCN1C. The third kappa shape index (κ3) is 4.26. The first-order valence-electron chi connectivity index (χ1n) is 8.86. The second-order valence-electron chi connectivity index (χ2n) is 6.65. The van der Waals surface area contributed by atoms with Crippen LogP contribution >= 0.6 is 0 Å². The fourth-order valence-electron chi connectivity index (χ4n) is 3.40. The average Bonchev–Trinajstić information content (AvgIpc) is 2.67. The van der Waals surface area contributed by atoms with Crippen LogP contribution in [-0.4, -0.2) is 57.2 Å². The Kier molecular flexibility index (Phi) is 5.96. The van der Waals surface area contributed by atoms with Crippen molar-refractivity contribution >= 4 is 10.0 Å². The van der Waals surface area contributed by atoms with Crippen molar-refractivity contribution in [3.05, 3.63) is 65.7 Å². The largest absolute Gasteiger partial charge is 0.496 e. The number of para-hydroxylation sites is 1. The lowest BCUT2D eigenvalue weighted by Gasteiger charge is -2.39. The maximum Gasteiger partial charge on any atom is 0.214 e. The maximum absolute atomic E-state index is 12.9. The molecule has 0 radical (unpaired) electrons. The minimum atomic E-state index is -3.30. The molecule has 1 atom stereocenters. The van der Waals surface area contributed by atoms with Gasteiger partial charge in [-0.2, -0.15) is 4.31 Å². The zero-order valence-electron chi connectivity index (χ0n) is 15.3. The Morgan fingerprint density at radius 1 is 1.04 bits per heavy atom. The molecular formula is C20H26N2O3S. The molecule has 0 spiro atoms. The van der Waals surface area contributed by atoms with E-state index in [4.69, 9.17) is 4.74 Å². The smallest absolute Gasteiger partial charge is 0.214 e. The first-order valence-corrected chi connectivity index (χ1v) is 10.5. The quantitative estimate of drug-likeness (QED) is 0.780. The highest BCUT2D eigenvalue weighted by atomic mass is 32.2. The van der Waals surface area contributed by atoms with Gasteiger partial charge >= 0.3 is 0 Å². The Bertz CT molecular complexity index is 824.